The number of fused-ring (bicyclic) bond motifs is 12. The molecule has 15 rings (SSSR count). The number of aryl methyl sites for hydroxylation is 1. The van der Waals surface area contributed by atoms with Crippen LogP contribution in [-0.4, -0.2) is 9.13 Å². The Labute approximate surface area is 414 Å². The van der Waals surface area contributed by atoms with Crippen molar-refractivity contribution in [3.8, 4) is 38.4 Å². The molecule has 334 valence electrons. The third-order valence-corrected chi connectivity index (χ3v) is 16.1. The first kappa shape index (κ1) is 40.1. The van der Waals surface area contributed by atoms with Crippen molar-refractivity contribution in [1.82, 2.24) is 9.13 Å². The SMILES string of the molecule is C1=Cc2c(ccc3c2c2cccc(-c4ccc5c(c4)c4c6ccccc6ccc4n5C4N=c5cc(-c6ccccc6)sc5=C(c5ccc(-c6cccc7ccccc67)cc5)[N-]4)c2n3-c2ccccc2)CC1. The molecule has 1 aliphatic heterocycles. The number of benzene rings is 10. The minimum absolute atomic E-state index is 0.552. The van der Waals surface area contributed by atoms with Crippen LogP contribution in [0.2, 0.25) is 0 Å². The lowest BCUT2D eigenvalue weighted by molar-refractivity contribution is 0.636. The molecule has 0 saturated heterocycles. The van der Waals surface area contributed by atoms with E-state index in [9.17, 15) is 0 Å². The zero-order chi connectivity index (χ0) is 46.6. The highest BCUT2D eigenvalue weighted by Crippen LogP contribution is 2.46. The molecule has 0 amide bonds. The van der Waals surface area contributed by atoms with Crippen molar-refractivity contribution >= 4 is 88.3 Å². The second kappa shape index (κ2) is 15.9. The molecule has 0 saturated carbocycles. The summed E-state index contributed by atoms with van der Waals surface area (Å²) in [5, 5.41) is 16.6. The fourth-order valence-corrected chi connectivity index (χ4v) is 12.8. The van der Waals surface area contributed by atoms with Crippen molar-refractivity contribution in [2.24, 2.45) is 4.99 Å². The van der Waals surface area contributed by atoms with E-state index in [-0.39, 0.29) is 0 Å². The highest BCUT2D eigenvalue weighted by atomic mass is 32.1. The lowest BCUT2D eigenvalue weighted by atomic mass is 9.92. The van der Waals surface area contributed by atoms with Crippen LogP contribution in [0.15, 0.2) is 229 Å². The first-order valence-electron chi connectivity index (χ1n) is 24.6. The van der Waals surface area contributed by atoms with Crippen LogP contribution >= 0.6 is 11.3 Å². The molecule has 10 aromatic carbocycles. The predicted molar refractivity (Wildman–Crippen MR) is 299 cm³/mol. The fraction of sp³-hybridized carbons (Fsp3) is 0.0455. The summed E-state index contributed by atoms with van der Waals surface area (Å²) in [5.74, 6) is 0. The van der Waals surface area contributed by atoms with Crippen LogP contribution in [0, 0.1) is 0 Å². The second-order valence-electron chi connectivity index (χ2n) is 18.9. The van der Waals surface area contributed by atoms with Gasteiger partial charge in [-0.3, -0.25) is 4.99 Å². The largest absolute Gasteiger partial charge is 0.644 e. The molecule has 1 aliphatic carbocycles. The van der Waals surface area contributed by atoms with Gasteiger partial charge in [-0.25, -0.2) is 0 Å². The average Bonchev–Trinajstić information content (AvgIpc) is 4.14. The lowest BCUT2D eigenvalue weighted by Crippen LogP contribution is -2.28. The number of rotatable bonds is 6. The summed E-state index contributed by atoms with van der Waals surface area (Å²) in [5.41, 5.74) is 16.6. The average molecular weight is 924 g/mol. The van der Waals surface area contributed by atoms with Crippen molar-refractivity contribution in [1.29, 1.82) is 0 Å². The molecule has 1 unspecified atom stereocenters. The number of hydrogen-bond acceptors (Lipinski definition) is 2. The Kier molecular flexibility index (Phi) is 8.99. The van der Waals surface area contributed by atoms with Gasteiger partial charge in [-0.2, -0.15) is 0 Å². The molecule has 2 aliphatic rings. The monoisotopic (exact) mass is 923 g/mol. The number of aromatic nitrogens is 2. The highest BCUT2D eigenvalue weighted by Gasteiger charge is 2.23. The van der Waals surface area contributed by atoms with Crippen LogP contribution in [0.4, 0.5) is 0 Å². The molecule has 5 heteroatoms. The summed E-state index contributed by atoms with van der Waals surface area (Å²) < 4.78 is 5.96. The third kappa shape index (κ3) is 6.26. The predicted octanol–water partition coefficient (Wildman–Crippen LogP) is 16.5. The summed E-state index contributed by atoms with van der Waals surface area (Å²) in [6, 6.07) is 79.9. The van der Waals surface area contributed by atoms with Crippen molar-refractivity contribution in [3.63, 3.8) is 0 Å². The summed E-state index contributed by atoms with van der Waals surface area (Å²) in [6.45, 7) is 0. The summed E-state index contributed by atoms with van der Waals surface area (Å²) in [4.78, 5) is 6.77. The number of hydrogen-bond donors (Lipinski definition) is 0. The van der Waals surface area contributed by atoms with Crippen molar-refractivity contribution in [3.05, 3.63) is 256 Å². The topological polar surface area (TPSA) is 36.3 Å². The Bertz CT molecular complexity index is 4470. The van der Waals surface area contributed by atoms with Gasteiger partial charge in [-0.05, 0) is 116 Å². The molecular formula is C66H43N4S-. The number of nitrogens with zero attached hydrogens (tertiary/aromatic N) is 4. The highest BCUT2D eigenvalue weighted by molar-refractivity contribution is 7.13. The summed E-state index contributed by atoms with van der Waals surface area (Å²) in [6.07, 6.45) is 6.27. The van der Waals surface area contributed by atoms with Crippen molar-refractivity contribution in [2.75, 3.05) is 0 Å². The number of thiophene rings is 1. The van der Waals surface area contributed by atoms with E-state index >= 15 is 0 Å². The van der Waals surface area contributed by atoms with Gasteiger partial charge in [0, 0.05) is 47.7 Å². The molecule has 0 bridgehead atoms. The van der Waals surface area contributed by atoms with Crippen LogP contribution in [0.5, 0.6) is 0 Å². The first-order valence-corrected chi connectivity index (χ1v) is 25.4. The van der Waals surface area contributed by atoms with E-state index in [1.807, 2.05) is 0 Å². The molecule has 1 atom stereocenters. The van der Waals surface area contributed by atoms with Gasteiger partial charge in [0.15, 0.2) is 0 Å². The normalized spacial score (nSPS) is 14.4. The Morgan fingerprint density at radius 3 is 2.03 bits per heavy atom. The van der Waals surface area contributed by atoms with Gasteiger partial charge in [0.2, 0.25) is 0 Å². The Morgan fingerprint density at radius 2 is 1.17 bits per heavy atom. The molecule has 71 heavy (non-hydrogen) atoms. The fourth-order valence-electron chi connectivity index (χ4n) is 11.7. The zero-order valence-electron chi connectivity index (χ0n) is 38.6. The molecule has 4 heterocycles. The van der Waals surface area contributed by atoms with Gasteiger partial charge in [0.25, 0.3) is 0 Å². The van der Waals surface area contributed by atoms with E-state index in [2.05, 4.69) is 240 Å². The van der Waals surface area contributed by atoms with Crippen LogP contribution in [0.3, 0.4) is 0 Å². The zero-order valence-corrected chi connectivity index (χ0v) is 39.4. The molecule has 0 N–H and O–H groups in total. The lowest BCUT2D eigenvalue weighted by Gasteiger charge is -2.37. The molecule has 0 radical (unpaired) electrons. The van der Waals surface area contributed by atoms with Gasteiger partial charge in [0.05, 0.1) is 28.2 Å². The van der Waals surface area contributed by atoms with Crippen molar-refractivity contribution < 1.29 is 0 Å². The van der Waals surface area contributed by atoms with Crippen LogP contribution < -0.4 is 9.89 Å². The smallest absolute Gasteiger partial charge is 0.0755 e. The standard InChI is InChI=1S/C66H43N4S/c1-3-18-45(19-4-1)60-40-56-65(71-60)63(46-31-29-44(30-32-46)50-26-13-20-41-15-7-10-23-49(41)50)68-66(67-56)70-57-36-35-47(39-55(57)62-52-25-12-9-17-43(52)34-38-59(62)70)53-27-14-28-54-61-51-24-11-8-16-42(51)33-37-58(61)69(64(53)54)48-21-5-2-6-22-48/h1-7,9-15,17-40,66H,8,16H2/q-1. The van der Waals surface area contributed by atoms with E-state index in [1.165, 1.54) is 97.9 Å². The van der Waals surface area contributed by atoms with Crippen LogP contribution in [0.1, 0.15) is 29.4 Å². The van der Waals surface area contributed by atoms with Crippen LogP contribution in [-0.2, 0) is 6.42 Å². The Hall–Kier alpha value is -8.77. The van der Waals surface area contributed by atoms with Gasteiger partial charge < -0.3 is 14.5 Å². The maximum absolute atomic E-state index is 5.72. The van der Waals surface area contributed by atoms with Gasteiger partial charge in [0.1, 0.15) is 0 Å². The third-order valence-electron chi connectivity index (χ3n) is 14.9. The second-order valence-corrected chi connectivity index (χ2v) is 19.9. The quantitative estimate of drug-likeness (QED) is 0.159. The first-order chi connectivity index (χ1) is 35.2. The Morgan fingerprint density at radius 1 is 0.493 bits per heavy atom. The van der Waals surface area contributed by atoms with Crippen LogP contribution in [0.25, 0.3) is 121 Å². The van der Waals surface area contributed by atoms with Gasteiger partial charge >= 0.3 is 0 Å². The molecule has 4 nitrogen and oxygen atoms in total. The Balaban J connectivity index is 0.943. The van der Waals surface area contributed by atoms with E-state index < -0.39 is 6.29 Å². The molecule has 13 aromatic rings. The van der Waals surface area contributed by atoms with Crippen molar-refractivity contribution in [2.45, 2.75) is 19.1 Å². The molecule has 0 spiro atoms. The van der Waals surface area contributed by atoms with E-state index in [0.717, 1.165) is 50.7 Å². The number of para-hydroxylation sites is 2. The van der Waals surface area contributed by atoms with E-state index in [1.54, 1.807) is 11.3 Å². The maximum atomic E-state index is 5.72. The minimum atomic E-state index is -0.552. The van der Waals surface area contributed by atoms with Gasteiger partial charge in [-0.1, -0.05) is 188 Å². The number of allylic oxidation sites excluding steroid dienone is 1. The minimum Gasteiger partial charge on any atom is -0.644 e. The molecule has 3 aromatic heterocycles. The van der Waals surface area contributed by atoms with E-state index in [4.69, 9.17) is 10.3 Å². The maximum Gasteiger partial charge on any atom is 0.0755 e. The summed E-state index contributed by atoms with van der Waals surface area (Å²) in [7, 11) is 0. The molecular weight excluding hydrogens is 881 g/mol. The summed E-state index contributed by atoms with van der Waals surface area (Å²) >= 11 is 1.77. The van der Waals surface area contributed by atoms with Gasteiger partial charge in [-0.15, -0.1) is 17.0 Å². The molecule has 0 fully saturated rings. The van der Waals surface area contributed by atoms with E-state index in [0.29, 0.717) is 0 Å².